The zero-order valence-corrected chi connectivity index (χ0v) is 13.9. The minimum Gasteiger partial charge on any atom is -0.340 e. The Morgan fingerprint density at radius 3 is 2.84 bits per heavy atom. The van der Waals surface area contributed by atoms with E-state index in [1.165, 1.54) is 11.3 Å². The van der Waals surface area contributed by atoms with Crippen molar-refractivity contribution in [3.63, 3.8) is 0 Å². The summed E-state index contributed by atoms with van der Waals surface area (Å²) in [5.74, 6) is -0.749. The standard InChI is InChI=1S/C16H15N5O3S/c22-12(19-16-21-20-15(25-16)8-5-6-8)7-11-14(24)17-10-4-2-1-3-9(10)13(23)18-11/h1-4,8,11H,5-7H2,(H,17,24)(H,18,23)(H,19,21,22)/t11-/m1/s1. The van der Waals surface area contributed by atoms with Gasteiger partial charge in [-0.3, -0.25) is 14.4 Å². The van der Waals surface area contributed by atoms with E-state index in [1.807, 2.05) is 0 Å². The quantitative estimate of drug-likeness (QED) is 0.767. The molecule has 2 aliphatic rings. The van der Waals surface area contributed by atoms with Crippen molar-refractivity contribution in [3.8, 4) is 0 Å². The van der Waals surface area contributed by atoms with Gasteiger partial charge in [0, 0.05) is 5.92 Å². The molecule has 0 spiro atoms. The van der Waals surface area contributed by atoms with E-state index in [0.29, 0.717) is 22.3 Å². The molecule has 8 nitrogen and oxygen atoms in total. The predicted molar refractivity (Wildman–Crippen MR) is 91.5 cm³/mol. The Hall–Kier alpha value is -2.81. The average molecular weight is 357 g/mol. The molecule has 0 saturated heterocycles. The van der Waals surface area contributed by atoms with Gasteiger partial charge in [0.05, 0.1) is 17.7 Å². The smallest absolute Gasteiger partial charge is 0.254 e. The number of hydrogen-bond donors (Lipinski definition) is 3. The molecular formula is C16H15N5O3S. The maximum Gasteiger partial charge on any atom is 0.254 e. The summed E-state index contributed by atoms with van der Waals surface area (Å²) in [5, 5.41) is 17.2. The fourth-order valence-electron chi connectivity index (χ4n) is 2.59. The van der Waals surface area contributed by atoms with Crippen molar-refractivity contribution in [1.29, 1.82) is 0 Å². The zero-order valence-electron chi connectivity index (χ0n) is 13.1. The molecule has 1 aliphatic heterocycles. The van der Waals surface area contributed by atoms with Crippen LogP contribution in [0.4, 0.5) is 10.8 Å². The lowest BCUT2D eigenvalue weighted by Gasteiger charge is -2.13. The third kappa shape index (κ3) is 3.36. The third-order valence-corrected chi connectivity index (χ3v) is 5.06. The fraction of sp³-hybridized carbons (Fsp3) is 0.312. The Morgan fingerprint density at radius 2 is 2.04 bits per heavy atom. The molecule has 3 amide bonds. The maximum absolute atomic E-state index is 12.3. The van der Waals surface area contributed by atoms with Gasteiger partial charge in [-0.1, -0.05) is 23.5 Å². The van der Waals surface area contributed by atoms with Crippen LogP contribution in [0.2, 0.25) is 0 Å². The van der Waals surface area contributed by atoms with Gasteiger partial charge in [0.2, 0.25) is 16.9 Å². The van der Waals surface area contributed by atoms with Crippen molar-refractivity contribution in [3.05, 3.63) is 34.8 Å². The first-order valence-electron chi connectivity index (χ1n) is 7.94. The molecular weight excluding hydrogens is 342 g/mol. The van der Waals surface area contributed by atoms with Gasteiger partial charge in [-0.25, -0.2) is 0 Å². The normalized spacial score (nSPS) is 19.4. The van der Waals surface area contributed by atoms with Crippen LogP contribution in [0.15, 0.2) is 24.3 Å². The van der Waals surface area contributed by atoms with E-state index < -0.39 is 23.8 Å². The number of carbonyl (C=O) groups excluding carboxylic acids is 3. The van der Waals surface area contributed by atoms with Gasteiger partial charge in [0.1, 0.15) is 11.0 Å². The van der Waals surface area contributed by atoms with Gasteiger partial charge in [-0.2, -0.15) is 0 Å². The van der Waals surface area contributed by atoms with Crippen LogP contribution in [-0.2, 0) is 9.59 Å². The van der Waals surface area contributed by atoms with Gasteiger partial charge in [0.25, 0.3) is 5.91 Å². The van der Waals surface area contributed by atoms with Crippen molar-refractivity contribution >= 4 is 39.9 Å². The average Bonchev–Trinajstić information content (AvgIpc) is 3.35. The molecule has 1 aliphatic carbocycles. The highest BCUT2D eigenvalue weighted by atomic mass is 32.1. The molecule has 128 valence electrons. The third-order valence-electron chi connectivity index (χ3n) is 4.05. The highest BCUT2D eigenvalue weighted by molar-refractivity contribution is 7.15. The molecule has 1 aromatic carbocycles. The Kier molecular flexibility index (Phi) is 3.92. The molecule has 0 unspecified atom stereocenters. The second-order valence-electron chi connectivity index (χ2n) is 6.03. The van der Waals surface area contributed by atoms with Crippen LogP contribution in [-0.4, -0.2) is 34.0 Å². The van der Waals surface area contributed by atoms with Crippen LogP contribution < -0.4 is 16.0 Å². The summed E-state index contributed by atoms with van der Waals surface area (Å²) in [7, 11) is 0. The Morgan fingerprint density at radius 1 is 1.24 bits per heavy atom. The lowest BCUT2D eigenvalue weighted by molar-refractivity contribution is -0.122. The number of carbonyl (C=O) groups is 3. The van der Waals surface area contributed by atoms with Crippen LogP contribution in [0.3, 0.4) is 0 Å². The molecule has 0 radical (unpaired) electrons. The number of rotatable bonds is 4. The maximum atomic E-state index is 12.3. The van der Waals surface area contributed by atoms with Crippen LogP contribution >= 0.6 is 11.3 Å². The first-order valence-corrected chi connectivity index (χ1v) is 8.76. The molecule has 4 rings (SSSR count). The van der Waals surface area contributed by atoms with Crippen LogP contribution in [0.1, 0.15) is 40.5 Å². The van der Waals surface area contributed by atoms with E-state index in [1.54, 1.807) is 24.3 Å². The fourth-order valence-corrected chi connectivity index (χ4v) is 3.52. The molecule has 1 aromatic heterocycles. The Bertz CT molecular complexity index is 861. The summed E-state index contributed by atoms with van der Waals surface area (Å²) < 4.78 is 0. The van der Waals surface area contributed by atoms with Gasteiger partial charge >= 0.3 is 0 Å². The highest BCUT2D eigenvalue weighted by Crippen LogP contribution is 2.42. The molecule has 2 aromatic rings. The first-order chi connectivity index (χ1) is 12.1. The summed E-state index contributed by atoms with van der Waals surface area (Å²) >= 11 is 1.35. The van der Waals surface area contributed by atoms with Crippen LogP contribution in [0.5, 0.6) is 0 Å². The molecule has 1 atom stereocenters. The van der Waals surface area contributed by atoms with Gasteiger partial charge in [0.15, 0.2) is 0 Å². The van der Waals surface area contributed by atoms with Crippen LogP contribution in [0.25, 0.3) is 0 Å². The molecule has 25 heavy (non-hydrogen) atoms. The SMILES string of the molecule is O=C(C[C@H]1NC(=O)c2ccccc2NC1=O)Nc1nnc(C2CC2)s1. The van der Waals surface area contributed by atoms with E-state index in [9.17, 15) is 14.4 Å². The Balaban J connectivity index is 1.42. The molecule has 1 fully saturated rings. The number of anilines is 2. The molecule has 1 saturated carbocycles. The van der Waals surface area contributed by atoms with E-state index in [2.05, 4.69) is 26.1 Å². The number of amides is 3. The summed E-state index contributed by atoms with van der Waals surface area (Å²) in [6.07, 6.45) is 2.04. The number of nitrogens with one attached hydrogen (secondary N) is 3. The second-order valence-corrected chi connectivity index (χ2v) is 7.04. The summed E-state index contributed by atoms with van der Waals surface area (Å²) in [5.41, 5.74) is 0.808. The number of fused-ring (bicyclic) bond motifs is 1. The van der Waals surface area contributed by atoms with E-state index in [4.69, 9.17) is 0 Å². The number of para-hydroxylation sites is 1. The lowest BCUT2D eigenvalue weighted by Crippen LogP contribution is -2.43. The molecule has 3 N–H and O–H groups in total. The summed E-state index contributed by atoms with van der Waals surface area (Å²) in [6, 6.07) is 5.76. The van der Waals surface area contributed by atoms with Crippen molar-refractivity contribution in [2.24, 2.45) is 0 Å². The Labute approximate surface area is 147 Å². The number of hydrogen-bond acceptors (Lipinski definition) is 6. The summed E-state index contributed by atoms with van der Waals surface area (Å²) in [6.45, 7) is 0. The molecule has 0 bridgehead atoms. The lowest BCUT2D eigenvalue weighted by atomic mass is 10.1. The monoisotopic (exact) mass is 357 g/mol. The topological polar surface area (TPSA) is 113 Å². The first kappa shape index (κ1) is 15.7. The van der Waals surface area contributed by atoms with E-state index in [-0.39, 0.29) is 6.42 Å². The molecule has 9 heteroatoms. The van der Waals surface area contributed by atoms with Crippen molar-refractivity contribution in [2.75, 3.05) is 10.6 Å². The van der Waals surface area contributed by atoms with Crippen molar-refractivity contribution in [1.82, 2.24) is 15.5 Å². The van der Waals surface area contributed by atoms with Crippen LogP contribution in [0, 0.1) is 0 Å². The highest BCUT2D eigenvalue weighted by Gasteiger charge is 2.30. The van der Waals surface area contributed by atoms with Crippen molar-refractivity contribution in [2.45, 2.75) is 31.2 Å². The minimum absolute atomic E-state index is 0.177. The second kappa shape index (κ2) is 6.25. The summed E-state index contributed by atoms with van der Waals surface area (Å²) in [4.78, 5) is 36.7. The van der Waals surface area contributed by atoms with E-state index in [0.717, 1.165) is 17.8 Å². The van der Waals surface area contributed by atoms with Crippen molar-refractivity contribution < 1.29 is 14.4 Å². The number of nitrogens with zero attached hydrogens (tertiary/aromatic N) is 2. The zero-order chi connectivity index (χ0) is 17.4. The van der Waals surface area contributed by atoms with Gasteiger partial charge in [-0.05, 0) is 25.0 Å². The van der Waals surface area contributed by atoms with Gasteiger partial charge in [-0.15, -0.1) is 10.2 Å². The largest absolute Gasteiger partial charge is 0.340 e. The number of aromatic nitrogens is 2. The minimum atomic E-state index is -0.948. The number of benzene rings is 1. The molecule has 2 heterocycles. The predicted octanol–water partition coefficient (Wildman–Crippen LogP) is 1.49. The van der Waals surface area contributed by atoms with E-state index >= 15 is 0 Å². The van der Waals surface area contributed by atoms with Gasteiger partial charge < -0.3 is 16.0 Å².